The van der Waals surface area contributed by atoms with Crippen LogP contribution in [-0.4, -0.2) is 14.2 Å². The summed E-state index contributed by atoms with van der Waals surface area (Å²) in [6, 6.07) is 2.64. The monoisotopic (exact) mass is 254 g/mol. The van der Waals surface area contributed by atoms with E-state index >= 15 is 0 Å². The molecule has 16 heavy (non-hydrogen) atoms. The van der Waals surface area contributed by atoms with Crippen molar-refractivity contribution in [3.05, 3.63) is 29.6 Å². The molecule has 0 saturated carbocycles. The van der Waals surface area contributed by atoms with Gasteiger partial charge in [-0.05, 0) is 30.7 Å². The van der Waals surface area contributed by atoms with Crippen molar-refractivity contribution in [2.45, 2.75) is 31.4 Å². The van der Waals surface area contributed by atoms with Gasteiger partial charge >= 0.3 is 5.76 Å². The van der Waals surface area contributed by atoms with E-state index in [9.17, 15) is 21.6 Å². The largest absolute Gasteiger partial charge is 0.341 e. The Bertz CT molecular complexity index is 421. The number of hydrogen-bond donors (Lipinski definition) is 0. The number of benzene rings is 1. The average Bonchev–Trinajstić information content (AvgIpc) is 2.19. The van der Waals surface area contributed by atoms with Gasteiger partial charge in [0.2, 0.25) is 9.84 Å². The zero-order valence-electron chi connectivity index (χ0n) is 9.17. The lowest BCUT2D eigenvalue weighted by Crippen LogP contribution is -2.11. The molecule has 2 nitrogen and oxygen atoms in total. The van der Waals surface area contributed by atoms with E-state index in [2.05, 4.69) is 0 Å². The van der Waals surface area contributed by atoms with Gasteiger partial charge in [0.15, 0.2) is 0 Å². The van der Waals surface area contributed by atoms with Crippen molar-refractivity contribution in [3.8, 4) is 0 Å². The van der Waals surface area contributed by atoms with E-state index in [-0.39, 0.29) is 5.56 Å². The second-order valence-electron chi connectivity index (χ2n) is 2.77. The summed E-state index contributed by atoms with van der Waals surface area (Å²) in [6.07, 6.45) is 0. The van der Waals surface area contributed by atoms with Gasteiger partial charge < -0.3 is 0 Å². The van der Waals surface area contributed by atoms with Crippen molar-refractivity contribution in [2.75, 3.05) is 0 Å². The quantitative estimate of drug-likeness (QED) is 0.812. The number of hydrogen-bond acceptors (Lipinski definition) is 2. The Labute approximate surface area is 93.0 Å². The lowest BCUT2D eigenvalue weighted by molar-refractivity contribution is 0.234. The summed E-state index contributed by atoms with van der Waals surface area (Å²) >= 11 is 0. The molecule has 0 aromatic heterocycles. The maximum Gasteiger partial charge on any atom is 0.341 e. The standard InChI is InChI=1S/C8H7F3O2S.C2H6/c1-5-2-6(9)4-7(3-5)14(12,13)8(10)11;1-2/h2-4,8H,1H3;1-2H3. The number of alkyl halides is 2. The highest BCUT2D eigenvalue weighted by Gasteiger charge is 2.26. The van der Waals surface area contributed by atoms with Crippen LogP contribution in [-0.2, 0) is 9.84 Å². The molecule has 0 fully saturated rings. The van der Waals surface area contributed by atoms with E-state index < -0.39 is 26.3 Å². The third kappa shape index (κ3) is 3.52. The van der Waals surface area contributed by atoms with E-state index in [4.69, 9.17) is 0 Å². The molecule has 0 N–H and O–H groups in total. The summed E-state index contributed by atoms with van der Waals surface area (Å²) in [5.41, 5.74) is 0.282. The second-order valence-corrected chi connectivity index (χ2v) is 4.69. The summed E-state index contributed by atoms with van der Waals surface area (Å²) in [4.78, 5) is -0.690. The maximum absolute atomic E-state index is 12.7. The van der Waals surface area contributed by atoms with Gasteiger partial charge in [-0.15, -0.1) is 0 Å². The maximum atomic E-state index is 12.7. The molecule has 0 bridgehead atoms. The Morgan fingerprint density at radius 1 is 1.12 bits per heavy atom. The van der Waals surface area contributed by atoms with E-state index in [1.54, 1.807) is 0 Å². The minimum Gasteiger partial charge on any atom is -0.218 e. The van der Waals surface area contributed by atoms with Crippen LogP contribution in [0.2, 0.25) is 0 Å². The fourth-order valence-electron chi connectivity index (χ4n) is 0.970. The molecule has 1 aromatic rings. The molecule has 0 radical (unpaired) electrons. The predicted molar refractivity (Wildman–Crippen MR) is 55.7 cm³/mol. The highest BCUT2D eigenvalue weighted by molar-refractivity contribution is 7.91. The van der Waals surface area contributed by atoms with Crippen LogP contribution in [0.5, 0.6) is 0 Å². The molecule has 6 heteroatoms. The van der Waals surface area contributed by atoms with Crippen LogP contribution in [0.25, 0.3) is 0 Å². The Morgan fingerprint density at radius 3 is 2.00 bits per heavy atom. The zero-order chi connectivity index (χ0) is 12.9. The first kappa shape index (κ1) is 15.0. The average molecular weight is 254 g/mol. The first-order chi connectivity index (χ1) is 7.34. The molecule has 0 amide bonds. The minimum atomic E-state index is -4.70. The summed E-state index contributed by atoms with van der Waals surface area (Å²) in [5, 5.41) is 0. The molecule has 1 aromatic carbocycles. The van der Waals surface area contributed by atoms with E-state index in [0.29, 0.717) is 6.07 Å². The highest BCUT2D eigenvalue weighted by atomic mass is 32.2. The van der Waals surface area contributed by atoms with Crippen molar-refractivity contribution in [3.63, 3.8) is 0 Å². The van der Waals surface area contributed by atoms with Gasteiger partial charge in [-0.1, -0.05) is 13.8 Å². The first-order valence-electron chi connectivity index (χ1n) is 4.63. The molecule has 0 aliphatic carbocycles. The molecule has 92 valence electrons. The van der Waals surface area contributed by atoms with Gasteiger partial charge in [0.05, 0.1) is 4.90 Å². The van der Waals surface area contributed by atoms with Crippen LogP contribution in [0.1, 0.15) is 19.4 Å². The van der Waals surface area contributed by atoms with Crippen molar-refractivity contribution in [1.82, 2.24) is 0 Å². The predicted octanol–water partition coefficient (Wildman–Crippen LogP) is 3.16. The van der Waals surface area contributed by atoms with E-state index in [1.807, 2.05) is 13.8 Å². The van der Waals surface area contributed by atoms with Crippen molar-refractivity contribution in [2.24, 2.45) is 0 Å². The van der Waals surface area contributed by atoms with Gasteiger partial charge in [0.1, 0.15) is 5.82 Å². The molecule has 0 heterocycles. The zero-order valence-corrected chi connectivity index (χ0v) is 9.98. The van der Waals surface area contributed by atoms with Crippen LogP contribution in [0.4, 0.5) is 13.2 Å². The lowest BCUT2D eigenvalue weighted by Gasteiger charge is -2.03. The molecular weight excluding hydrogens is 241 g/mol. The second kappa shape index (κ2) is 5.89. The fourth-order valence-corrected chi connectivity index (χ4v) is 1.80. The summed E-state index contributed by atoms with van der Waals surface area (Å²) in [6.45, 7) is 5.42. The van der Waals surface area contributed by atoms with E-state index in [0.717, 1.165) is 12.1 Å². The molecule has 0 spiro atoms. The SMILES string of the molecule is CC.Cc1cc(F)cc(S(=O)(=O)C(F)F)c1. The molecule has 1 rings (SSSR count). The lowest BCUT2D eigenvalue weighted by atomic mass is 10.2. The number of halogens is 3. The summed E-state index contributed by atoms with van der Waals surface area (Å²) in [5.74, 6) is -4.37. The van der Waals surface area contributed by atoms with Crippen molar-refractivity contribution in [1.29, 1.82) is 0 Å². The molecule has 0 unspecified atom stereocenters. The molecule has 0 atom stereocenters. The van der Waals surface area contributed by atoms with Crippen LogP contribution in [0.3, 0.4) is 0 Å². The topological polar surface area (TPSA) is 34.1 Å². The van der Waals surface area contributed by atoms with Crippen molar-refractivity contribution < 1.29 is 21.6 Å². The Hall–Kier alpha value is -1.04. The third-order valence-electron chi connectivity index (χ3n) is 1.58. The number of sulfone groups is 1. The van der Waals surface area contributed by atoms with Crippen LogP contribution in [0.15, 0.2) is 23.1 Å². The third-order valence-corrected chi connectivity index (χ3v) is 2.94. The number of aryl methyl sites for hydroxylation is 1. The number of rotatable bonds is 2. The normalized spacial score (nSPS) is 10.9. The Kier molecular flexibility index (Phi) is 5.50. The molecule has 0 saturated heterocycles. The fraction of sp³-hybridized carbons (Fsp3) is 0.400. The van der Waals surface area contributed by atoms with E-state index in [1.165, 1.54) is 6.92 Å². The van der Waals surface area contributed by atoms with Crippen LogP contribution >= 0.6 is 0 Å². The first-order valence-corrected chi connectivity index (χ1v) is 6.18. The molecule has 0 aliphatic heterocycles. The summed E-state index contributed by atoms with van der Waals surface area (Å²) in [7, 11) is -4.70. The van der Waals surface area contributed by atoms with Crippen molar-refractivity contribution >= 4 is 9.84 Å². The Balaban J connectivity index is 0.00000106. The minimum absolute atomic E-state index is 0.282. The van der Waals surface area contributed by atoms with Gasteiger partial charge in [0, 0.05) is 0 Å². The highest BCUT2D eigenvalue weighted by Crippen LogP contribution is 2.20. The van der Waals surface area contributed by atoms with Crippen LogP contribution < -0.4 is 0 Å². The molecular formula is C10H13F3O2S. The van der Waals surface area contributed by atoms with Gasteiger partial charge in [-0.2, -0.15) is 8.78 Å². The van der Waals surface area contributed by atoms with Gasteiger partial charge in [-0.25, -0.2) is 12.8 Å². The van der Waals surface area contributed by atoms with Gasteiger partial charge in [-0.3, -0.25) is 0 Å². The van der Waals surface area contributed by atoms with Gasteiger partial charge in [0.25, 0.3) is 0 Å². The molecule has 0 aliphatic rings. The summed E-state index contributed by atoms with van der Waals surface area (Å²) < 4.78 is 58.7. The van der Waals surface area contributed by atoms with Crippen LogP contribution in [0, 0.1) is 12.7 Å². The Morgan fingerprint density at radius 2 is 1.62 bits per heavy atom. The smallest absolute Gasteiger partial charge is 0.218 e.